The van der Waals surface area contributed by atoms with Crippen LogP contribution in [0.2, 0.25) is 0 Å². The van der Waals surface area contributed by atoms with Gasteiger partial charge in [0.2, 0.25) is 0 Å². The molecule has 0 saturated carbocycles. The summed E-state index contributed by atoms with van der Waals surface area (Å²) >= 11 is 1.43. The van der Waals surface area contributed by atoms with E-state index in [1.165, 1.54) is 16.9 Å². The molecule has 1 aromatic carbocycles. The molecule has 7 heteroatoms. The molecule has 1 fully saturated rings. The molecule has 0 bridgehead atoms. The Kier molecular flexibility index (Phi) is 6.46. The Bertz CT molecular complexity index is 739. The summed E-state index contributed by atoms with van der Waals surface area (Å²) in [5.41, 5.74) is 6.20. The Morgan fingerprint density at radius 2 is 2.27 bits per heavy atom. The zero-order valence-electron chi connectivity index (χ0n) is 15.4. The highest BCUT2D eigenvalue weighted by atomic mass is 32.1. The lowest BCUT2D eigenvalue weighted by molar-refractivity contribution is 0.189. The van der Waals surface area contributed by atoms with Gasteiger partial charge in [-0.05, 0) is 37.0 Å². The lowest BCUT2D eigenvalue weighted by Gasteiger charge is -2.20. The summed E-state index contributed by atoms with van der Waals surface area (Å²) in [5, 5.41) is 7.10. The van der Waals surface area contributed by atoms with E-state index in [1.807, 2.05) is 11.4 Å². The molecule has 2 amide bonds. The van der Waals surface area contributed by atoms with Gasteiger partial charge in [0.25, 0.3) is 0 Å². The van der Waals surface area contributed by atoms with Gasteiger partial charge in [0.15, 0.2) is 5.13 Å². The Balaban J connectivity index is 1.75. The number of hydrogen-bond donors (Lipinski definition) is 2. The normalized spacial score (nSPS) is 14.8. The predicted octanol–water partition coefficient (Wildman–Crippen LogP) is 4.29. The molecule has 1 aromatic heterocycles. The second-order valence-corrected chi connectivity index (χ2v) is 7.23. The summed E-state index contributed by atoms with van der Waals surface area (Å²) < 4.78 is 5.49. The summed E-state index contributed by atoms with van der Waals surface area (Å²) in [6.07, 6.45) is 5.37. The average Bonchev–Trinajstić information content (AvgIpc) is 2.93. The number of methoxy groups -OCH3 is 1. The molecule has 0 atom stereocenters. The first-order valence-electron chi connectivity index (χ1n) is 9.16. The van der Waals surface area contributed by atoms with Crippen LogP contribution in [-0.4, -0.2) is 36.2 Å². The van der Waals surface area contributed by atoms with Crippen LogP contribution in [0.4, 0.5) is 9.93 Å². The fourth-order valence-electron chi connectivity index (χ4n) is 3.05. The molecule has 1 aliphatic rings. The third kappa shape index (κ3) is 4.53. The highest BCUT2D eigenvalue weighted by Gasteiger charge is 2.17. The second-order valence-electron chi connectivity index (χ2n) is 6.37. The summed E-state index contributed by atoms with van der Waals surface area (Å²) in [4.78, 5) is 17.0. The Labute approximate surface area is 158 Å². The van der Waals surface area contributed by atoms with Crippen molar-refractivity contribution in [3.63, 3.8) is 0 Å². The van der Waals surface area contributed by atoms with E-state index in [-0.39, 0.29) is 6.03 Å². The van der Waals surface area contributed by atoms with E-state index in [4.69, 9.17) is 4.74 Å². The van der Waals surface area contributed by atoms with Crippen LogP contribution in [0.3, 0.4) is 0 Å². The predicted molar refractivity (Wildman–Crippen MR) is 106 cm³/mol. The quantitative estimate of drug-likeness (QED) is 0.819. The van der Waals surface area contributed by atoms with Crippen LogP contribution in [0.1, 0.15) is 38.2 Å². The van der Waals surface area contributed by atoms with Crippen molar-refractivity contribution in [3.8, 4) is 17.0 Å². The van der Waals surface area contributed by atoms with Crippen LogP contribution >= 0.6 is 11.3 Å². The fourth-order valence-corrected chi connectivity index (χ4v) is 3.75. The van der Waals surface area contributed by atoms with Crippen molar-refractivity contribution in [2.45, 2.75) is 39.0 Å². The van der Waals surface area contributed by atoms with Crippen molar-refractivity contribution >= 4 is 22.5 Å². The smallest absolute Gasteiger partial charge is 0.337 e. The largest absolute Gasteiger partial charge is 0.496 e. The van der Waals surface area contributed by atoms with Gasteiger partial charge in [0, 0.05) is 24.0 Å². The summed E-state index contributed by atoms with van der Waals surface area (Å²) in [5.74, 6) is 0.794. The van der Waals surface area contributed by atoms with E-state index in [2.05, 4.69) is 34.8 Å². The first kappa shape index (κ1) is 18.7. The molecule has 26 heavy (non-hydrogen) atoms. The van der Waals surface area contributed by atoms with Crippen molar-refractivity contribution in [2.24, 2.45) is 0 Å². The van der Waals surface area contributed by atoms with Crippen LogP contribution in [0.25, 0.3) is 11.3 Å². The van der Waals surface area contributed by atoms with Crippen molar-refractivity contribution in [2.75, 3.05) is 25.5 Å². The van der Waals surface area contributed by atoms with Gasteiger partial charge in [0.1, 0.15) is 5.75 Å². The van der Waals surface area contributed by atoms with E-state index in [9.17, 15) is 4.79 Å². The van der Waals surface area contributed by atoms with Gasteiger partial charge < -0.3 is 4.74 Å². The van der Waals surface area contributed by atoms with E-state index in [1.54, 1.807) is 12.1 Å². The molecule has 6 nitrogen and oxygen atoms in total. The number of carbonyl (C=O) groups excluding carboxylic acids is 1. The summed E-state index contributed by atoms with van der Waals surface area (Å²) in [7, 11) is 1.67. The first-order valence-corrected chi connectivity index (χ1v) is 10.0. The van der Waals surface area contributed by atoms with Gasteiger partial charge in [-0.25, -0.2) is 15.2 Å². The van der Waals surface area contributed by atoms with Crippen molar-refractivity contribution in [1.29, 1.82) is 0 Å². The molecular formula is C19H26N4O2S. The van der Waals surface area contributed by atoms with E-state index < -0.39 is 0 Å². The highest BCUT2D eigenvalue weighted by Crippen LogP contribution is 2.33. The number of aryl methyl sites for hydroxylation is 1. The molecule has 3 rings (SSSR count). The molecule has 1 saturated heterocycles. The van der Waals surface area contributed by atoms with Gasteiger partial charge in [-0.15, -0.1) is 11.3 Å². The minimum Gasteiger partial charge on any atom is -0.496 e. The molecule has 140 valence electrons. The number of benzene rings is 1. The minimum absolute atomic E-state index is 0.153. The van der Waals surface area contributed by atoms with Crippen LogP contribution < -0.4 is 15.5 Å². The van der Waals surface area contributed by atoms with Crippen LogP contribution in [0, 0.1) is 0 Å². The van der Waals surface area contributed by atoms with E-state index in [0.29, 0.717) is 5.13 Å². The molecule has 2 aromatic rings. The average molecular weight is 375 g/mol. The van der Waals surface area contributed by atoms with Gasteiger partial charge in [-0.1, -0.05) is 25.8 Å². The van der Waals surface area contributed by atoms with Crippen molar-refractivity contribution in [1.82, 2.24) is 15.4 Å². The number of rotatable bonds is 5. The lowest BCUT2D eigenvalue weighted by Crippen LogP contribution is -2.44. The number of nitrogens with zero attached hydrogens (tertiary/aromatic N) is 2. The topological polar surface area (TPSA) is 66.5 Å². The molecule has 0 aliphatic carbocycles. The molecule has 0 radical (unpaired) electrons. The van der Waals surface area contributed by atoms with Gasteiger partial charge >= 0.3 is 6.03 Å². The second kappa shape index (κ2) is 9.00. The number of hydrazine groups is 1. The maximum Gasteiger partial charge on any atom is 0.337 e. The number of amides is 2. The Morgan fingerprint density at radius 3 is 3.08 bits per heavy atom. The van der Waals surface area contributed by atoms with Gasteiger partial charge in [0.05, 0.1) is 12.8 Å². The van der Waals surface area contributed by atoms with E-state index in [0.717, 1.165) is 62.2 Å². The molecule has 2 N–H and O–H groups in total. The van der Waals surface area contributed by atoms with Crippen LogP contribution in [-0.2, 0) is 6.42 Å². The fraction of sp³-hybridized carbons (Fsp3) is 0.474. The molecule has 2 heterocycles. The molecule has 0 unspecified atom stereocenters. The number of aromatic nitrogens is 1. The Morgan fingerprint density at radius 1 is 1.38 bits per heavy atom. The molecular weight excluding hydrogens is 348 g/mol. The number of thiazole rings is 1. The number of urea groups is 1. The third-order valence-electron chi connectivity index (χ3n) is 4.40. The number of anilines is 1. The van der Waals surface area contributed by atoms with Crippen LogP contribution in [0.5, 0.6) is 5.75 Å². The van der Waals surface area contributed by atoms with Gasteiger partial charge in [-0.2, -0.15) is 0 Å². The summed E-state index contributed by atoms with van der Waals surface area (Å²) in [6, 6.07) is 6.05. The number of hydrogen-bond acceptors (Lipinski definition) is 5. The first-order chi connectivity index (χ1) is 12.7. The maximum absolute atomic E-state index is 12.4. The monoisotopic (exact) mass is 374 g/mol. The minimum atomic E-state index is -0.153. The van der Waals surface area contributed by atoms with Crippen molar-refractivity contribution in [3.05, 3.63) is 29.1 Å². The zero-order valence-corrected chi connectivity index (χ0v) is 16.2. The van der Waals surface area contributed by atoms with Crippen LogP contribution in [0.15, 0.2) is 23.6 Å². The third-order valence-corrected chi connectivity index (χ3v) is 5.16. The van der Waals surface area contributed by atoms with Crippen molar-refractivity contribution < 1.29 is 9.53 Å². The number of nitrogens with one attached hydrogen (secondary N) is 2. The van der Waals surface area contributed by atoms with E-state index >= 15 is 0 Å². The maximum atomic E-state index is 12.4. The SMILES string of the molecule is CCCc1ccc(OC)c(-c2csc(NC(=O)N3CCCCCN3)n2)c1. The van der Waals surface area contributed by atoms with Gasteiger partial charge in [-0.3, -0.25) is 10.3 Å². The molecule has 0 spiro atoms. The zero-order chi connectivity index (χ0) is 18.4. The molecule has 1 aliphatic heterocycles. The standard InChI is InChI=1S/C19H26N4O2S/c1-3-7-14-8-9-17(25-2)15(12-14)16-13-26-18(21-16)22-19(24)23-11-6-4-5-10-20-23/h8-9,12-13,20H,3-7,10-11H2,1-2H3,(H,21,22,24). The highest BCUT2D eigenvalue weighted by molar-refractivity contribution is 7.14. The summed E-state index contributed by atoms with van der Waals surface area (Å²) in [6.45, 7) is 3.71. The number of ether oxygens (including phenoxy) is 1. The Hall–Kier alpha value is -2.12. The lowest BCUT2D eigenvalue weighted by atomic mass is 10.0. The number of carbonyl (C=O) groups is 1.